The number of nitrogens with zero attached hydrogens (tertiary/aromatic N) is 1. The topological polar surface area (TPSA) is 32.3 Å². The first-order chi connectivity index (χ1) is 9.44. The van der Waals surface area contributed by atoms with Crippen LogP contribution in [0.1, 0.15) is 30.5 Å². The van der Waals surface area contributed by atoms with Crippen LogP contribution in [-0.4, -0.2) is 16.5 Å². The third-order valence-electron chi connectivity index (χ3n) is 2.62. The average molecular weight is 308 g/mol. The van der Waals surface area contributed by atoms with Crippen LogP contribution in [0.5, 0.6) is 0 Å². The Morgan fingerprint density at radius 2 is 1.60 bits per heavy atom. The Bertz CT molecular complexity index is 490. The van der Waals surface area contributed by atoms with Crippen LogP contribution in [-0.2, 0) is 13.1 Å². The van der Waals surface area contributed by atoms with Crippen molar-refractivity contribution in [2.75, 3.05) is 0 Å². The first-order valence-corrected chi connectivity index (χ1v) is 8.32. The number of nitrogens with one attached hydrogen (secondary N) is 1. The molecule has 0 aromatic carbocycles. The normalized spacial score (nSPS) is 11.3. The number of urea groups is 1. The first-order valence-electron chi connectivity index (χ1n) is 6.56. The van der Waals surface area contributed by atoms with E-state index in [0.29, 0.717) is 13.1 Å². The summed E-state index contributed by atoms with van der Waals surface area (Å²) < 4.78 is 0. The van der Waals surface area contributed by atoms with Crippen LogP contribution in [0.25, 0.3) is 0 Å². The average Bonchev–Trinajstić information content (AvgIpc) is 2.98. The highest BCUT2D eigenvalue weighted by Gasteiger charge is 2.20. The lowest BCUT2D eigenvalue weighted by Gasteiger charge is -2.28. The number of carbonyl (C=O) groups is 1. The SMILES string of the molecule is CC(C)(C)NC(=O)N(Cc1cccs1)Cc1cccs1. The van der Waals surface area contributed by atoms with Gasteiger partial charge in [0.25, 0.3) is 0 Å². The minimum absolute atomic E-state index is 0.0145. The predicted molar refractivity (Wildman–Crippen MR) is 86.2 cm³/mol. The molecule has 0 bridgehead atoms. The Morgan fingerprint density at radius 3 is 1.95 bits per heavy atom. The van der Waals surface area contributed by atoms with Gasteiger partial charge in [-0.3, -0.25) is 0 Å². The molecule has 0 aliphatic rings. The van der Waals surface area contributed by atoms with E-state index < -0.39 is 0 Å². The molecule has 0 aliphatic heterocycles. The molecule has 5 heteroatoms. The Balaban J connectivity index is 2.08. The summed E-state index contributed by atoms with van der Waals surface area (Å²) in [5.41, 5.74) is -0.222. The molecule has 0 aliphatic carbocycles. The molecule has 0 spiro atoms. The summed E-state index contributed by atoms with van der Waals surface area (Å²) in [5.74, 6) is 0. The summed E-state index contributed by atoms with van der Waals surface area (Å²) in [4.78, 5) is 16.7. The molecule has 0 saturated heterocycles. The third kappa shape index (κ3) is 4.65. The predicted octanol–water partition coefficient (Wildman–Crippen LogP) is 4.32. The lowest BCUT2D eigenvalue weighted by atomic mass is 10.1. The maximum Gasteiger partial charge on any atom is 0.318 e. The molecule has 0 unspecified atom stereocenters. The van der Waals surface area contributed by atoms with E-state index in [-0.39, 0.29) is 11.6 Å². The van der Waals surface area contributed by atoms with Gasteiger partial charge in [0.05, 0.1) is 13.1 Å². The molecule has 2 aromatic rings. The molecule has 108 valence electrons. The molecule has 0 atom stereocenters. The number of hydrogen-bond donors (Lipinski definition) is 1. The van der Waals surface area contributed by atoms with E-state index in [9.17, 15) is 4.79 Å². The Hall–Kier alpha value is -1.33. The fourth-order valence-electron chi connectivity index (χ4n) is 1.78. The van der Waals surface area contributed by atoms with Crippen molar-refractivity contribution >= 4 is 28.7 Å². The van der Waals surface area contributed by atoms with Gasteiger partial charge in [-0.1, -0.05) is 12.1 Å². The molecule has 2 aromatic heterocycles. The van der Waals surface area contributed by atoms with Gasteiger partial charge in [0, 0.05) is 15.3 Å². The van der Waals surface area contributed by atoms with Gasteiger partial charge in [-0.25, -0.2) is 4.79 Å². The van der Waals surface area contributed by atoms with E-state index in [4.69, 9.17) is 0 Å². The van der Waals surface area contributed by atoms with Crippen LogP contribution in [0.2, 0.25) is 0 Å². The van der Waals surface area contributed by atoms with Crippen molar-refractivity contribution in [1.82, 2.24) is 10.2 Å². The molecular weight excluding hydrogens is 288 g/mol. The van der Waals surface area contributed by atoms with Crippen LogP contribution in [0.4, 0.5) is 4.79 Å². The van der Waals surface area contributed by atoms with Gasteiger partial charge in [-0.05, 0) is 43.7 Å². The quantitative estimate of drug-likeness (QED) is 0.896. The summed E-state index contributed by atoms with van der Waals surface area (Å²) in [6, 6.07) is 8.15. The van der Waals surface area contributed by atoms with Gasteiger partial charge in [0.15, 0.2) is 0 Å². The van der Waals surface area contributed by atoms with Gasteiger partial charge in [0.1, 0.15) is 0 Å². The van der Waals surface area contributed by atoms with Gasteiger partial charge in [0.2, 0.25) is 0 Å². The number of hydrogen-bond acceptors (Lipinski definition) is 3. The highest BCUT2D eigenvalue weighted by molar-refractivity contribution is 7.10. The first kappa shape index (κ1) is 15.1. The summed E-state index contributed by atoms with van der Waals surface area (Å²) in [5, 5.41) is 7.12. The molecular formula is C15H20N2OS2. The number of amides is 2. The lowest BCUT2D eigenvalue weighted by Crippen LogP contribution is -2.47. The highest BCUT2D eigenvalue weighted by atomic mass is 32.1. The van der Waals surface area contributed by atoms with Crippen molar-refractivity contribution in [3.8, 4) is 0 Å². The monoisotopic (exact) mass is 308 g/mol. The maximum atomic E-state index is 12.4. The smallest absolute Gasteiger partial charge is 0.318 e. The van der Waals surface area contributed by atoms with Crippen molar-refractivity contribution in [2.45, 2.75) is 39.4 Å². The minimum Gasteiger partial charge on any atom is -0.333 e. The number of rotatable bonds is 4. The zero-order chi connectivity index (χ0) is 14.6. The largest absolute Gasteiger partial charge is 0.333 e. The Morgan fingerprint density at radius 1 is 1.10 bits per heavy atom. The van der Waals surface area contributed by atoms with Crippen molar-refractivity contribution in [3.63, 3.8) is 0 Å². The molecule has 0 radical (unpaired) electrons. The van der Waals surface area contributed by atoms with Crippen molar-refractivity contribution in [2.24, 2.45) is 0 Å². The molecule has 3 nitrogen and oxygen atoms in total. The van der Waals surface area contributed by atoms with Crippen LogP contribution in [0, 0.1) is 0 Å². The molecule has 1 N–H and O–H groups in total. The second kappa shape index (κ2) is 6.41. The summed E-state index contributed by atoms with van der Waals surface area (Å²) in [6.07, 6.45) is 0. The van der Waals surface area contributed by atoms with E-state index >= 15 is 0 Å². The maximum absolute atomic E-state index is 12.4. The fraction of sp³-hybridized carbons (Fsp3) is 0.400. The summed E-state index contributed by atoms with van der Waals surface area (Å²) in [6.45, 7) is 7.30. The lowest BCUT2D eigenvalue weighted by molar-refractivity contribution is 0.184. The van der Waals surface area contributed by atoms with E-state index in [1.807, 2.05) is 48.6 Å². The van der Waals surface area contributed by atoms with Crippen molar-refractivity contribution in [3.05, 3.63) is 44.8 Å². The zero-order valence-corrected chi connectivity index (χ0v) is 13.7. The highest BCUT2D eigenvalue weighted by Crippen LogP contribution is 2.17. The van der Waals surface area contributed by atoms with E-state index in [2.05, 4.69) is 17.4 Å². The second-order valence-electron chi connectivity index (χ2n) is 5.69. The number of thiophene rings is 2. The van der Waals surface area contributed by atoms with Crippen molar-refractivity contribution < 1.29 is 4.79 Å². The zero-order valence-electron chi connectivity index (χ0n) is 12.1. The molecule has 2 rings (SSSR count). The Labute approximate surface area is 128 Å². The molecule has 0 fully saturated rings. The van der Waals surface area contributed by atoms with Crippen LogP contribution in [0.3, 0.4) is 0 Å². The summed E-state index contributed by atoms with van der Waals surface area (Å²) >= 11 is 3.36. The Kier molecular flexibility index (Phi) is 4.83. The third-order valence-corrected chi connectivity index (χ3v) is 4.35. The van der Waals surface area contributed by atoms with Gasteiger partial charge in [-0.15, -0.1) is 22.7 Å². The van der Waals surface area contributed by atoms with Crippen LogP contribution >= 0.6 is 22.7 Å². The minimum atomic E-state index is -0.222. The molecule has 0 saturated carbocycles. The van der Waals surface area contributed by atoms with Gasteiger partial charge in [-0.2, -0.15) is 0 Å². The van der Waals surface area contributed by atoms with Gasteiger partial charge < -0.3 is 10.2 Å². The van der Waals surface area contributed by atoms with E-state index in [1.54, 1.807) is 22.7 Å². The summed E-state index contributed by atoms with van der Waals surface area (Å²) in [7, 11) is 0. The van der Waals surface area contributed by atoms with Gasteiger partial charge >= 0.3 is 6.03 Å². The molecule has 20 heavy (non-hydrogen) atoms. The molecule has 2 amide bonds. The van der Waals surface area contributed by atoms with E-state index in [0.717, 1.165) is 0 Å². The molecule has 2 heterocycles. The fourth-order valence-corrected chi connectivity index (χ4v) is 3.22. The second-order valence-corrected chi connectivity index (χ2v) is 7.76. The standard InChI is InChI=1S/C15H20N2OS2/c1-15(2,3)16-14(18)17(10-12-6-4-8-19-12)11-13-7-5-9-20-13/h4-9H,10-11H2,1-3H3,(H,16,18). The van der Waals surface area contributed by atoms with Crippen LogP contribution in [0.15, 0.2) is 35.0 Å². The van der Waals surface area contributed by atoms with Crippen LogP contribution < -0.4 is 5.32 Å². The number of carbonyl (C=O) groups excluding carboxylic acids is 1. The van der Waals surface area contributed by atoms with E-state index in [1.165, 1.54) is 9.75 Å². The van der Waals surface area contributed by atoms with Crippen molar-refractivity contribution in [1.29, 1.82) is 0 Å².